The first-order valence-electron chi connectivity index (χ1n) is 7.57. The molecule has 21 heavy (non-hydrogen) atoms. The van der Waals surface area contributed by atoms with Gasteiger partial charge in [-0.1, -0.05) is 30.3 Å². The summed E-state index contributed by atoms with van der Waals surface area (Å²) >= 11 is 0. The fourth-order valence-corrected chi connectivity index (χ4v) is 2.78. The van der Waals surface area contributed by atoms with Crippen LogP contribution < -0.4 is 5.32 Å². The number of benzene rings is 2. The lowest BCUT2D eigenvalue weighted by molar-refractivity contribution is 0.687. The molecule has 106 valence electrons. The number of aryl methyl sites for hydroxylation is 1. The van der Waals surface area contributed by atoms with Gasteiger partial charge in [-0.3, -0.25) is 0 Å². The molecule has 1 aliphatic carbocycles. The van der Waals surface area contributed by atoms with Gasteiger partial charge < -0.3 is 5.32 Å². The van der Waals surface area contributed by atoms with Crippen LogP contribution in [0.3, 0.4) is 0 Å². The van der Waals surface area contributed by atoms with E-state index in [1.807, 2.05) is 16.9 Å². The molecule has 0 saturated heterocycles. The van der Waals surface area contributed by atoms with Crippen LogP contribution in [0.1, 0.15) is 24.0 Å². The molecule has 0 aliphatic heterocycles. The summed E-state index contributed by atoms with van der Waals surface area (Å²) in [7, 11) is 0. The van der Waals surface area contributed by atoms with Crippen LogP contribution in [0, 0.1) is 6.92 Å². The molecule has 1 N–H and O–H groups in total. The van der Waals surface area contributed by atoms with E-state index in [1.54, 1.807) is 0 Å². The minimum atomic E-state index is 0.750. The Labute approximate surface area is 124 Å². The topological polar surface area (TPSA) is 29.9 Å². The normalized spacial score (nSPS) is 14.7. The molecule has 1 saturated carbocycles. The van der Waals surface area contributed by atoms with Crippen molar-refractivity contribution in [2.24, 2.45) is 0 Å². The SMILES string of the molecule is Cc1cc(CNC2CC2)ccc1-n1ncc2ccccc21. The monoisotopic (exact) mass is 277 g/mol. The van der Waals surface area contributed by atoms with Crippen LogP contribution in [0.15, 0.2) is 48.7 Å². The molecule has 1 fully saturated rings. The van der Waals surface area contributed by atoms with Gasteiger partial charge in [0.25, 0.3) is 0 Å². The van der Waals surface area contributed by atoms with Gasteiger partial charge in [-0.25, -0.2) is 4.68 Å². The van der Waals surface area contributed by atoms with Gasteiger partial charge in [-0.2, -0.15) is 5.10 Å². The van der Waals surface area contributed by atoms with E-state index in [0.29, 0.717) is 0 Å². The molecule has 1 heterocycles. The highest BCUT2D eigenvalue weighted by atomic mass is 15.3. The number of para-hydroxylation sites is 1. The number of rotatable bonds is 4. The zero-order valence-electron chi connectivity index (χ0n) is 12.2. The van der Waals surface area contributed by atoms with Crippen molar-refractivity contribution in [3.05, 3.63) is 59.8 Å². The number of aromatic nitrogens is 2. The lowest BCUT2D eigenvalue weighted by Crippen LogP contribution is -2.15. The lowest BCUT2D eigenvalue weighted by atomic mass is 10.1. The molecule has 0 amide bonds. The Hall–Kier alpha value is -2.13. The molecule has 4 rings (SSSR count). The Bertz CT molecular complexity index is 784. The summed E-state index contributed by atoms with van der Waals surface area (Å²) in [4.78, 5) is 0. The summed E-state index contributed by atoms with van der Waals surface area (Å²) in [5.74, 6) is 0. The van der Waals surface area contributed by atoms with Gasteiger partial charge in [0.1, 0.15) is 0 Å². The molecule has 3 nitrogen and oxygen atoms in total. The summed E-state index contributed by atoms with van der Waals surface area (Å²) in [6.07, 6.45) is 4.59. The van der Waals surface area contributed by atoms with E-state index in [2.05, 4.69) is 53.7 Å². The van der Waals surface area contributed by atoms with E-state index in [9.17, 15) is 0 Å². The summed E-state index contributed by atoms with van der Waals surface area (Å²) < 4.78 is 2.03. The molecule has 0 bridgehead atoms. The first kappa shape index (κ1) is 12.6. The third-order valence-electron chi connectivity index (χ3n) is 4.14. The third kappa shape index (κ3) is 2.45. The largest absolute Gasteiger partial charge is 0.310 e. The van der Waals surface area contributed by atoms with Gasteiger partial charge in [-0.05, 0) is 43.0 Å². The first-order chi connectivity index (χ1) is 10.3. The van der Waals surface area contributed by atoms with Gasteiger partial charge in [0.2, 0.25) is 0 Å². The van der Waals surface area contributed by atoms with E-state index in [4.69, 9.17) is 0 Å². The standard InChI is InChI=1S/C18H19N3/c1-13-10-14(11-19-16-7-8-16)6-9-17(13)21-18-5-3-2-4-15(18)12-20-21/h2-6,9-10,12,16,19H,7-8,11H2,1H3. The third-order valence-corrected chi connectivity index (χ3v) is 4.14. The molecule has 0 radical (unpaired) electrons. The fraction of sp³-hybridized carbons (Fsp3) is 0.278. The van der Waals surface area contributed by atoms with Gasteiger partial charge in [-0.15, -0.1) is 0 Å². The number of hydrogen-bond donors (Lipinski definition) is 1. The number of nitrogens with one attached hydrogen (secondary N) is 1. The Balaban J connectivity index is 1.67. The molecular weight excluding hydrogens is 258 g/mol. The fourth-order valence-electron chi connectivity index (χ4n) is 2.78. The highest BCUT2D eigenvalue weighted by Gasteiger charge is 2.20. The molecule has 3 heteroatoms. The van der Waals surface area contributed by atoms with Crippen LogP contribution in [-0.2, 0) is 6.54 Å². The molecule has 2 aromatic carbocycles. The highest BCUT2D eigenvalue weighted by Crippen LogP contribution is 2.23. The predicted molar refractivity (Wildman–Crippen MR) is 85.7 cm³/mol. The zero-order valence-corrected chi connectivity index (χ0v) is 12.2. The maximum atomic E-state index is 4.54. The molecular formula is C18H19N3. The van der Waals surface area contributed by atoms with Crippen LogP contribution in [0.25, 0.3) is 16.6 Å². The molecule has 0 spiro atoms. The minimum absolute atomic E-state index is 0.750. The number of nitrogens with zero attached hydrogens (tertiary/aromatic N) is 2. The second kappa shape index (κ2) is 5.01. The molecule has 0 atom stereocenters. The van der Waals surface area contributed by atoms with Crippen LogP contribution >= 0.6 is 0 Å². The molecule has 3 aromatic rings. The van der Waals surface area contributed by atoms with Crippen molar-refractivity contribution in [1.29, 1.82) is 0 Å². The summed E-state index contributed by atoms with van der Waals surface area (Å²) in [6.45, 7) is 3.12. The van der Waals surface area contributed by atoms with Crippen molar-refractivity contribution < 1.29 is 0 Å². The van der Waals surface area contributed by atoms with E-state index in [1.165, 1.54) is 29.4 Å². The number of hydrogen-bond acceptors (Lipinski definition) is 2. The molecule has 1 aliphatic rings. The average Bonchev–Trinajstić information content (AvgIpc) is 3.24. The van der Waals surface area contributed by atoms with Crippen molar-refractivity contribution in [2.75, 3.05) is 0 Å². The number of fused-ring (bicyclic) bond motifs is 1. The minimum Gasteiger partial charge on any atom is -0.310 e. The quantitative estimate of drug-likeness (QED) is 0.790. The predicted octanol–water partition coefficient (Wildman–Crippen LogP) is 3.59. The Morgan fingerprint density at radius 2 is 2.05 bits per heavy atom. The van der Waals surface area contributed by atoms with Gasteiger partial charge in [0.15, 0.2) is 0 Å². The zero-order chi connectivity index (χ0) is 14.2. The van der Waals surface area contributed by atoms with Crippen molar-refractivity contribution in [2.45, 2.75) is 32.4 Å². The van der Waals surface area contributed by atoms with E-state index in [-0.39, 0.29) is 0 Å². The molecule has 0 unspecified atom stereocenters. The van der Waals surface area contributed by atoms with Crippen LogP contribution in [0.2, 0.25) is 0 Å². The molecule has 1 aromatic heterocycles. The van der Waals surface area contributed by atoms with Gasteiger partial charge >= 0.3 is 0 Å². The second-order valence-corrected chi connectivity index (χ2v) is 5.89. The Morgan fingerprint density at radius 3 is 2.86 bits per heavy atom. The van der Waals surface area contributed by atoms with Crippen molar-refractivity contribution in [3.63, 3.8) is 0 Å². The Kier molecular flexibility index (Phi) is 3.00. The summed E-state index contributed by atoms with van der Waals surface area (Å²) in [5, 5.41) is 9.28. The second-order valence-electron chi connectivity index (χ2n) is 5.89. The van der Waals surface area contributed by atoms with Crippen LogP contribution in [0.5, 0.6) is 0 Å². The maximum absolute atomic E-state index is 4.54. The lowest BCUT2D eigenvalue weighted by Gasteiger charge is -2.10. The average molecular weight is 277 g/mol. The maximum Gasteiger partial charge on any atom is 0.0741 e. The smallest absolute Gasteiger partial charge is 0.0741 e. The van der Waals surface area contributed by atoms with E-state index >= 15 is 0 Å². The first-order valence-corrected chi connectivity index (χ1v) is 7.57. The summed E-state index contributed by atoms with van der Waals surface area (Å²) in [6, 6.07) is 15.7. The Morgan fingerprint density at radius 1 is 1.19 bits per heavy atom. The highest BCUT2D eigenvalue weighted by molar-refractivity contribution is 5.80. The van der Waals surface area contributed by atoms with Crippen LogP contribution in [-0.4, -0.2) is 15.8 Å². The van der Waals surface area contributed by atoms with Crippen molar-refractivity contribution >= 4 is 10.9 Å². The van der Waals surface area contributed by atoms with Crippen molar-refractivity contribution in [1.82, 2.24) is 15.1 Å². The van der Waals surface area contributed by atoms with E-state index < -0.39 is 0 Å². The summed E-state index contributed by atoms with van der Waals surface area (Å²) in [5.41, 5.74) is 4.93. The van der Waals surface area contributed by atoms with Crippen LogP contribution in [0.4, 0.5) is 0 Å². The van der Waals surface area contributed by atoms with Crippen molar-refractivity contribution in [3.8, 4) is 5.69 Å². The van der Waals surface area contributed by atoms with E-state index in [0.717, 1.165) is 23.8 Å². The van der Waals surface area contributed by atoms with Gasteiger partial charge in [0, 0.05) is 18.0 Å². The van der Waals surface area contributed by atoms with Gasteiger partial charge in [0.05, 0.1) is 17.4 Å².